The van der Waals surface area contributed by atoms with Crippen molar-refractivity contribution < 1.29 is 27.4 Å². The van der Waals surface area contributed by atoms with Crippen LogP contribution in [0.5, 0.6) is 17.2 Å². The summed E-state index contributed by atoms with van der Waals surface area (Å²) in [6.45, 7) is 2.59. The number of para-hydroxylation sites is 3. The van der Waals surface area contributed by atoms with Crippen molar-refractivity contribution in [2.45, 2.75) is 6.92 Å². The van der Waals surface area contributed by atoms with Crippen LogP contribution < -0.4 is 23.9 Å². The third kappa shape index (κ3) is 5.20. The Labute approximate surface area is 175 Å². The normalized spacial score (nSPS) is 13.1. The Morgan fingerprint density at radius 3 is 2.73 bits per heavy atom. The number of hydrazone groups is 1. The minimum absolute atomic E-state index is 0.281. The highest BCUT2D eigenvalue weighted by atomic mass is 32.2. The van der Waals surface area contributed by atoms with E-state index in [1.54, 1.807) is 49.4 Å². The van der Waals surface area contributed by atoms with Crippen molar-refractivity contribution in [3.05, 3.63) is 48.0 Å². The second-order valence-corrected chi connectivity index (χ2v) is 8.24. The Balaban J connectivity index is 1.73. The highest BCUT2D eigenvalue weighted by molar-refractivity contribution is 7.92. The van der Waals surface area contributed by atoms with Crippen molar-refractivity contribution >= 4 is 27.8 Å². The molecule has 0 saturated carbocycles. The maximum atomic E-state index is 12.4. The minimum atomic E-state index is -3.74. The molecule has 0 atom stereocenters. The van der Waals surface area contributed by atoms with Gasteiger partial charge < -0.3 is 14.2 Å². The van der Waals surface area contributed by atoms with Crippen LogP contribution in [0.15, 0.2) is 47.6 Å². The molecule has 0 spiro atoms. The molecule has 3 rings (SSSR count). The minimum Gasteiger partial charge on any atom is -0.492 e. The zero-order chi connectivity index (χ0) is 21.6. The van der Waals surface area contributed by atoms with Gasteiger partial charge in [0.1, 0.15) is 25.5 Å². The molecule has 0 unspecified atom stereocenters. The number of anilines is 1. The van der Waals surface area contributed by atoms with Gasteiger partial charge in [0.05, 0.1) is 24.8 Å². The third-order valence-corrected chi connectivity index (χ3v) is 5.24. The quantitative estimate of drug-likeness (QED) is 0.502. The summed E-state index contributed by atoms with van der Waals surface area (Å²) in [5.41, 5.74) is 3.26. The second kappa shape index (κ2) is 9.49. The van der Waals surface area contributed by atoms with Gasteiger partial charge in [0.25, 0.3) is 5.91 Å². The number of amides is 1. The molecular weight excluding hydrogens is 410 g/mol. The van der Waals surface area contributed by atoms with Crippen molar-refractivity contribution in [1.82, 2.24) is 5.43 Å². The summed E-state index contributed by atoms with van der Waals surface area (Å²) >= 11 is 0. The van der Waals surface area contributed by atoms with Gasteiger partial charge in [-0.05, 0) is 31.2 Å². The molecule has 0 aliphatic carbocycles. The number of hydrogen-bond acceptors (Lipinski definition) is 7. The van der Waals surface area contributed by atoms with Crippen LogP contribution >= 0.6 is 0 Å². The summed E-state index contributed by atoms with van der Waals surface area (Å²) < 4.78 is 42.2. The molecule has 160 valence electrons. The average Bonchev–Trinajstić information content (AvgIpc) is 2.72. The van der Waals surface area contributed by atoms with Gasteiger partial charge in [-0.1, -0.05) is 18.2 Å². The van der Waals surface area contributed by atoms with Gasteiger partial charge in [-0.15, -0.1) is 0 Å². The summed E-state index contributed by atoms with van der Waals surface area (Å²) in [5, 5.41) is 3.92. The number of benzene rings is 2. The molecule has 1 amide bonds. The van der Waals surface area contributed by atoms with Crippen LogP contribution in [0.3, 0.4) is 0 Å². The summed E-state index contributed by atoms with van der Waals surface area (Å²) in [4.78, 5) is 12.4. The molecule has 2 aromatic rings. The SMILES string of the molecule is CCOc1ccccc1N(CC(=O)N/N=C\c1cccc2c1OCCO2)S(C)(=O)=O. The fourth-order valence-electron chi connectivity index (χ4n) is 2.86. The number of hydrogen-bond donors (Lipinski definition) is 1. The van der Waals surface area contributed by atoms with Crippen molar-refractivity contribution in [2.24, 2.45) is 5.10 Å². The van der Waals surface area contributed by atoms with Gasteiger partial charge in [-0.3, -0.25) is 9.10 Å². The van der Waals surface area contributed by atoms with E-state index in [4.69, 9.17) is 14.2 Å². The molecule has 0 radical (unpaired) electrons. The lowest BCUT2D eigenvalue weighted by molar-refractivity contribution is -0.119. The van der Waals surface area contributed by atoms with Crippen LogP contribution in [0.25, 0.3) is 0 Å². The zero-order valence-electron chi connectivity index (χ0n) is 16.7. The molecule has 10 heteroatoms. The Hall–Kier alpha value is -3.27. The summed E-state index contributed by atoms with van der Waals surface area (Å²) in [6.07, 6.45) is 2.45. The first-order chi connectivity index (χ1) is 14.4. The lowest BCUT2D eigenvalue weighted by atomic mass is 10.2. The molecule has 0 saturated heterocycles. The molecule has 0 aromatic heterocycles. The number of carbonyl (C=O) groups is 1. The standard InChI is InChI=1S/C20H23N3O6S/c1-3-27-17-9-5-4-8-16(17)23(30(2,25)26)14-19(24)22-21-13-15-7-6-10-18-20(15)29-12-11-28-18/h4-10,13H,3,11-12,14H2,1-2H3,(H,22,24)/b21-13-. The molecule has 0 bridgehead atoms. The number of fused-ring (bicyclic) bond motifs is 1. The fourth-order valence-corrected chi connectivity index (χ4v) is 3.72. The summed E-state index contributed by atoms with van der Waals surface area (Å²) in [6, 6.07) is 12.0. The molecule has 9 nitrogen and oxygen atoms in total. The number of rotatable bonds is 8. The molecule has 2 aromatic carbocycles. The first-order valence-electron chi connectivity index (χ1n) is 9.30. The predicted octanol–water partition coefficient (Wildman–Crippen LogP) is 1.77. The van der Waals surface area contributed by atoms with Gasteiger partial charge in [0, 0.05) is 5.56 Å². The van der Waals surface area contributed by atoms with E-state index >= 15 is 0 Å². The Bertz CT molecular complexity index is 1040. The first kappa shape index (κ1) is 21.4. The van der Waals surface area contributed by atoms with Gasteiger partial charge in [0.2, 0.25) is 10.0 Å². The molecule has 30 heavy (non-hydrogen) atoms. The van der Waals surface area contributed by atoms with Crippen LogP contribution in [0, 0.1) is 0 Å². The largest absolute Gasteiger partial charge is 0.492 e. The van der Waals surface area contributed by atoms with Crippen LogP contribution in [0.2, 0.25) is 0 Å². The molecule has 1 N–H and O–H groups in total. The fraction of sp³-hybridized carbons (Fsp3) is 0.300. The van der Waals surface area contributed by atoms with Gasteiger partial charge in [-0.2, -0.15) is 5.10 Å². The number of nitrogens with one attached hydrogen (secondary N) is 1. The van der Waals surface area contributed by atoms with Crippen LogP contribution in [-0.4, -0.2) is 53.2 Å². The van der Waals surface area contributed by atoms with Crippen LogP contribution in [0.1, 0.15) is 12.5 Å². The molecular formula is C20H23N3O6S. The smallest absolute Gasteiger partial charge is 0.260 e. The highest BCUT2D eigenvalue weighted by Gasteiger charge is 2.23. The van der Waals surface area contributed by atoms with Crippen molar-refractivity contribution in [3.8, 4) is 17.2 Å². The molecule has 1 heterocycles. The van der Waals surface area contributed by atoms with Gasteiger partial charge in [-0.25, -0.2) is 13.8 Å². The van der Waals surface area contributed by atoms with Crippen LogP contribution in [-0.2, 0) is 14.8 Å². The molecule has 0 fully saturated rings. The maximum Gasteiger partial charge on any atom is 0.260 e. The number of carbonyl (C=O) groups excluding carboxylic acids is 1. The third-order valence-electron chi connectivity index (χ3n) is 4.11. The van der Waals surface area contributed by atoms with E-state index in [1.165, 1.54) is 6.21 Å². The van der Waals surface area contributed by atoms with Crippen molar-refractivity contribution in [2.75, 3.05) is 36.9 Å². The van der Waals surface area contributed by atoms with E-state index in [9.17, 15) is 13.2 Å². The Morgan fingerprint density at radius 1 is 1.20 bits per heavy atom. The van der Waals surface area contributed by atoms with Gasteiger partial charge >= 0.3 is 0 Å². The van der Waals surface area contributed by atoms with Gasteiger partial charge in [0.15, 0.2) is 11.5 Å². The topological polar surface area (TPSA) is 107 Å². The van der Waals surface area contributed by atoms with Crippen molar-refractivity contribution in [3.63, 3.8) is 0 Å². The average molecular weight is 433 g/mol. The number of sulfonamides is 1. The lowest BCUT2D eigenvalue weighted by Crippen LogP contribution is -2.39. The van der Waals surface area contributed by atoms with E-state index in [-0.39, 0.29) is 5.69 Å². The van der Waals surface area contributed by atoms with Crippen LogP contribution in [0.4, 0.5) is 5.69 Å². The lowest BCUT2D eigenvalue weighted by Gasteiger charge is -2.23. The Morgan fingerprint density at radius 2 is 1.97 bits per heavy atom. The molecule has 1 aliphatic rings. The van der Waals surface area contributed by atoms with E-state index in [2.05, 4.69) is 10.5 Å². The highest BCUT2D eigenvalue weighted by Crippen LogP contribution is 2.32. The van der Waals surface area contributed by atoms with E-state index in [1.807, 2.05) is 0 Å². The monoisotopic (exact) mass is 433 g/mol. The van der Waals surface area contributed by atoms with E-state index in [0.717, 1.165) is 10.6 Å². The van der Waals surface area contributed by atoms with E-state index < -0.39 is 22.5 Å². The van der Waals surface area contributed by atoms with E-state index in [0.29, 0.717) is 42.6 Å². The predicted molar refractivity (Wildman–Crippen MR) is 113 cm³/mol. The first-order valence-corrected chi connectivity index (χ1v) is 11.1. The summed E-state index contributed by atoms with van der Waals surface area (Å²) in [5.74, 6) is 0.914. The maximum absolute atomic E-state index is 12.4. The number of ether oxygens (including phenoxy) is 3. The second-order valence-electron chi connectivity index (χ2n) is 6.33. The zero-order valence-corrected chi connectivity index (χ0v) is 17.5. The molecule has 1 aliphatic heterocycles. The van der Waals surface area contributed by atoms with Crippen molar-refractivity contribution in [1.29, 1.82) is 0 Å². The summed E-state index contributed by atoms with van der Waals surface area (Å²) in [7, 11) is -3.74. The Kier molecular flexibility index (Phi) is 6.78. The number of nitrogens with zero attached hydrogens (tertiary/aromatic N) is 2.